The zero-order valence-corrected chi connectivity index (χ0v) is 29.3. The molecule has 15 nitrogen and oxygen atoms in total. The highest BCUT2D eigenvalue weighted by Gasteiger charge is 2.21. The molecule has 0 spiro atoms. The van der Waals surface area contributed by atoms with Gasteiger partial charge in [-0.1, -0.05) is 32.3 Å². The molecular formula is C34H43N7O8S. The molecule has 0 aliphatic rings. The van der Waals surface area contributed by atoms with E-state index in [1.54, 1.807) is 48.7 Å². The lowest BCUT2D eigenvalue weighted by atomic mass is 10.1. The molecule has 0 radical (unpaired) electrons. The number of anilines is 2. The normalized spacial score (nSPS) is 10.8. The van der Waals surface area contributed by atoms with E-state index in [0.29, 0.717) is 41.9 Å². The molecule has 0 atom stereocenters. The Morgan fingerprint density at radius 1 is 1.02 bits per heavy atom. The van der Waals surface area contributed by atoms with E-state index >= 15 is 0 Å². The average Bonchev–Trinajstić information content (AvgIpc) is 3.41. The molecule has 0 aliphatic carbocycles. The number of hydrogen-bond donors (Lipinski definition) is 4. The number of carbonyl (C=O) groups excluding carboxylic acids is 3. The number of imidazole rings is 1. The quantitative estimate of drug-likeness (QED) is 0.0454. The number of fused-ring (bicyclic) bond motifs is 1. The Morgan fingerprint density at radius 3 is 2.36 bits per heavy atom. The van der Waals surface area contributed by atoms with Crippen LogP contribution in [0, 0.1) is 5.41 Å². The van der Waals surface area contributed by atoms with Crippen LogP contribution in [0.25, 0.3) is 11.0 Å². The van der Waals surface area contributed by atoms with Crippen LogP contribution in [-0.2, 0) is 38.0 Å². The van der Waals surface area contributed by atoms with Crippen molar-refractivity contribution in [3.63, 3.8) is 0 Å². The maximum Gasteiger partial charge on any atom is 0.412 e. The Bertz CT molecular complexity index is 1860. The number of pyridine rings is 1. The van der Waals surface area contributed by atoms with Gasteiger partial charge in [0.2, 0.25) is 0 Å². The van der Waals surface area contributed by atoms with Crippen LogP contribution in [0.4, 0.5) is 16.3 Å². The lowest BCUT2D eigenvalue weighted by Gasteiger charge is -2.21. The van der Waals surface area contributed by atoms with Gasteiger partial charge in [-0.2, -0.15) is 8.42 Å². The Balaban J connectivity index is 0.00000126. The first-order valence-corrected chi connectivity index (χ1v) is 17.7. The van der Waals surface area contributed by atoms with Crippen molar-refractivity contribution in [2.24, 2.45) is 7.05 Å². The molecule has 268 valence electrons. The first kappa shape index (κ1) is 39.1. The predicted octanol–water partition coefficient (Wildman–Crippen LogP) is 4.93. The van der Waals surface area contributed by atoms with Crippen LogP contribution in [0.15, 0.2) is 66.9 Å². The monoisotopic (exact) mass is 709 g/mol. The molecule has 4 N–H and O–H groups in total. The van der Waals surface area contributed by atoms with E-state index in [1.807, 2.05) is 29.8 Å². The fraction of sp³-hybridized carbons (Fsp3) is 0.353. The SMILES string of the molecule is CCCCCCOC(=O)NC(=N)c1ccc(NCc2nc3cc(C(=O)N(CCC(=O)OC)c4ccccn4)ccc3n2C)cc1.CS(=O)(=O)O. The number of rotatable bonds is 14. The summed E-state index contributed by atoms with van der Waals surface area (Å²) in [7, 11) is -0.448. The number of hydrogen-bond acceptors (Lipinski definition) is 11. The fourth-order valence-corrected chi connectivity index (χ4v) is 4.68. The Kier molecular flexibility index (Phi) is 14.9. The largest absolute Gasteiger partial charge is 0.469 e. The molecule has 16 heteroatoms. The van der Waals surface area contributed by atoms with Crippen LogP contribution in [0.5, 0.6) is 0 Å². The summed E-state index contributed by atoms with van der Waals surface area (Å²) in [5.41, 5.74) is 3.29. The number of ether oxygens (including phenoxy) is 2. The van der Waals surface area contributed by atoms with Crippen LogP contribution in [0.3, 0.4) is 0 Å². The minimum atomic E-state index is -3.67. The third kappa shape index (κ3) is 12.6. The summed E-state index contributed by atoms with van der Waals surface area (Å²) in [6.45, 7) is 2.99. The second-order valence-electron chi connectivity index (χ2n) is 11.1. The number of aromatic nitrogens is 3. The third-order valence-electron chi connectivity index (χ3n) is 7.24. The molecule has 2 aromatic carbocycles. The number of nitrogens with zero attached hydrogens (tertiary/aromatic N) is 4. The number of carbonyl (C=O) groups is 3. The summed E-state index contributed by atoms with van der Waals surface area (Å²) in [6.07, 6.45) is 5.74. The van der Waals surface area contributed by atoms with E-state index < -0.39 is 22.2 Å². The third-order valence-corrected chi connectivity index (χ3v) is 7.24. The smallest absolute Gasteiger partial charge is 0.412 e. The minimum Gasteiger partial charge on any atom is -0.469 e. The molecule has 0 bridgehead atoms. The van der Waals surface area contributed by atoms with Gasteiger partial charge in [-0.15, -0.1) is 0 Å². The summed E-state index contributed by atoms with van der Waals surface area (Å²) < 4.78 is 37.7. The van der Waals surface area contributed by atoms with E-state index in [9.17, 15) is 22.8 Å². The number of amidine groups is 1. The van der Waals surface area contributed by atoms with E-state index in [2.05, 4.69) is 22.5 Å². The van der Waals surface area contributed by atoms with Gasteiger partial charge in [-0.25, -0.2) is 14.8 Å². The van der Waals surface area contributed by atoms with Gasteiger partial charge in [-0.3, -0.25) is 29.8 Å². The van der Waals surface area contributed by atoms with Crippen molar-refractivity contribution >= 4 is 56.5 Å². The number of benzene rings is 2. The van der Waals surface area contributed by atoms with Gasteiger partial charge < -0.3 is 19.4 Å². The van der Waals surface area contributed by atoms with E-state index in [0.717, 1.165) is 42.7 Å². The summed E-state index contributed by atoms with van der Waals surface area (Å²) in [5.74, 6) is 0.436. The van der Waals surface area contributed by atoms with Crippen LogP contribution in [0.2, 0.25) is 0 Å². The van der Waals surface area contributed by atoms with E-state index in [-0.39, 0.29) is 24.7 Å². The van der Waals surface area contributed by atoms with Crippen LogP contribution < -0.4 is 15.5 Å². The Morgan fingerprint density at radius 2 is 1.72 bits per heavy atom. The highest BCUT2D eigenvalue weighted by molar-refractivity contribution is 7.85. The van der Waals surface area contributed by atoms with Gasteiger partial charge in [0, 0.05) is 36.6 Å². The molecule has 2 amide bonds. The molecule has 2 aromatic heterocycles. The molecule has 4 aromatic rings. The van der Waals surface area contributed by atoms with Gasteiger partial charge in [-0.05, 0) is 61.0 Å². The van der Waals surface area contributed by atoms with E-state index in [4.69, 9.17) is 24.4 Å². The molecule has 50 heavy (non-hydrogen) atoms. The Labute approximate surface area is 291 Å². The summed E-state index contributed by atoms with van der Waals surface area (Å²) in [5, 5.41) is 14.0. The number of alkyl carbamates (subject to hydrolysis) is 1. The number of esters is 1. The molecule has 0 saturated heterocycles. The molecule has 4 rings (SSSR count). The van der Waals surface area contributed by atoms with Crippen LogP contribution >= 0.6 is 0 Å². The first-order chi connectivity index (χ1) is 23.8. The molecule has 0 unspecified atom stereocenters. The summed E-state index contributed by atoms with van der Waals surface area (Å²) >= 11 is 0. The maximum absolute atomic E-state index is 13.5. The highest BCUT2D eigenvalue weighted by atomic mass is 32.2. The van der Waals surface area contributed by atoms with Crippen molar-refractivity contribution in [1.82, 2.24) is 19.9 Å². The second-order valence-corrected chi connectivity index (χ2v) is 12.6. The zero-order chi connectivity index (χ0) is 36.7. The topological polar surface area (TPSA) is 206 Å². The molecule has 0 aliphatic heterocycles. The highest BCUT2D eigenvalue weighted by Crippen LogP contribution is 2.21. The minimum absolute atomic E-state index is 0.0326. The standard InChI is InChI=1S/C33H39N7O5.CH4O3S/c1-4-5-6-9-20-45-33(43)38-31(34)23-11-14-25(15-12-23)36-22-29-37-26-21-24(13-16-27(26)39(29)2)32(42)40(19-17-30(41)44-3)28-10-7-8-18-35-28;1-5(2,3)4/h7-8,10-16,18,21,36H,4-6,9,17,19-20,22H2,1-3H3,(H2,34,38,43);1H3,(H,2,3,4). The van der Waals surface area contributed by atoms with Crippen LogP contribution in [0.1, 0.15) is 60.8 Å². The fourth-order valence-electron chi connectivity index (χ4n) is 4.68. The van der Waals surface area contributed by atoms with Gasteiger partial charge >= 0.3 is 12.1 Å². The van der Waals surface area contributed by atoms with Crippen molar-refractivity contribution in [2.75, 3.05) is 36.7 Å². The second kappa shape index (κ2) is 19.0. The van der Waals surface area contributed by atoms with Crippen LogP contribution in [-0.4, -0.2) is 77.8 Å². The number of nitrogens with one attached hydrogen (secondary N) is 3. The number of aryl methyl sites for hydroxylation is 1. The molecular weight excluding hydrogens is 666 g/mol. The molecule has 2 heterocycles. The lowest BCUT2D eigenvalue weighted by molar-refractivity contribution is -0.140. The van der Waals surface area contributed by atoms with Gasteiger partial charge in [0.15, 0.2) is 0 Å². The van der Waals surface area contributed by atoms with Gasteiger partial charge in [0.25, 0.3) is 16.0 Å². The van der Waals surface area contributed by atoms with Crippen molar-refractivity contribution in [3.8, 4) is 0 Å². The Hall–Kier alpha value is -5.35. The first-order valence-electron chi connectivity index (χ1n) is 15.8. The zero-order valence-electron chi connectivity index (χ0n) is 28.5. The van der Waals surface area contributed by atoms with Crippen molar-refractivity contribution in [1.29, 1.82) is 5.41 Å². The molecule has 0 fully saturated rings. The van der Waals surface area contributed by atoms with E-state index in [1.165, 1.54) is 12.0 Å². The summed E-state index contributed by atoms with van der Waals surface area (Å²) in [6, 6.07) is 17.7. The lowest BCUT2D eigenvalue weighted by Crippen LogP contribution is -2.33. The van der Waals surface area contributed by atoms with Gasteiger partial charge in [0.1, 0.15) is 17.5 Å². The van der Waals surface area contributed by atoms with Crippen molar-refractivity contribution in [2.45, 2.75) is 45.6 Å². The van der Waals surface area contributed by atoms with Crippen molar-refractivity contribution < 1.29 is 36.8 Å². The summed E-state index contributed by atoms with van der Waals surface area (Å²) in [4.78, 5) is 47.8. The number of methoxy groups -OCH3 is 1. The maximum atomic E-state index is 13.5. The number of unbranched alkanes of at least 4 members (excludes halogenated alkanes) is 3. The van der Waals surface area contributed by atoms with Crippen molar-refractivity contribution in [3.05, 3.63) is 83.8 Å². The predicted molar refractivity (Wildman–Crippen MR) is 190 cm³/mol. The number of amides is 2. The molecule has 0 saturated carbocycles. The average molecular weight is 710 g/mol. The van der Waals surface area contributed by atoms with Gasteiger partial charge in [0.05, 0.1) is 44.0 Å².